The normalized spacial score (nSPS) is 9.43. The molecular formula is C20H29F3LrNO3-. The van der Waals surface area contributed by atoms with E-state index in [0.29, 0.717) is 11.0 Å². The second kappa shape index (κ2) is 17.3. The van der Waals surface area contributed by atoms with Crippen molar-refractivity contribution in [1.82, 2.24) is 4.57 Å². The van der Waals surface area contributed by atoms with Crippen LogP contribution in [0.25, 0.3) is 0 Å². The largest absolute Gasteiger partial charge is 0.429 e. The van der Waals surface area contributed by atoms with E-state index in [1.54, 1.807) is 6.92 Å². The minimum Gasteiger partial charge on any atom is -0.381 e. The van der Waals surface area contributed by atoms with Crippen molar-refractivity contribution in [3.63, 3.8) is 0 Å². The summed E-state index contributed by atoms with van der Waals surface area (Å²) in [7, 11) is 0. The number of pyridine rings is 1. The molecule has 8 heteroatoms. The van der Waals surface area contributed by atoms with Crippen LogP contribution in [0.3, 0.4) is 0 Å². The van der Waals surface area contributed by atoms with Gasteiger partial charge in [-0.15, -0.1) is 11.8 Å². The van der Waals surface area contributed by atoms with Crippen LogP contribution in [0.2, 0.25) is 0 Å². The number of carbonyl (C=O) groups excluding carboxylic acids is 1. The van der Waals surface area contributed by atoms with E-state index >= 15 is 0 Å². The fourth-order valence-corrected chi connectivity index (χ4v) is 1.74. The maximum Gasteiger partial charge on any atom is 0.429 e. The van der Waals surface area contributed by atoms with Crippen LogP contribution in [0.5, 0.6) is 0 Å². The molecule has 0 aliphatic carbocycles. The molecule has 1 aromatic heterocycles. The molecule has 0 N–H and O–H groups in total. The van der Waals surface area contributed by atoms with Crippen LogP contribution in [0.15, 0.2) is 16.9 Å². The summed E-state index contributed by atoms with van der Waals surface area (Å²) < 4.78 is 43.3. The predicted molar refractivity (Wildman–Crippen MR) is 101 cm³/mol. The quantitative estimate of drug-likeness (QED) is 0.247. The molecule has 28 heavy (non-hydrogen) atoms. The van der Waals surface area contributed by atoms with Gasteiger partial charge in [-0.05, 0) is 33.1 Å². The van der Waals surface area contributed by atoms with Crippen LogP contribution in [0.4, 0.5) is 13.2 Å². The number of hydrogen-bond donors (Lipinski definition) is 0. The SMILES string of the molecule is CC#CC.CCCOCCC.CCCn1c(C(F)(F)F)ccc([C-]=O)c1=O.[Lr]. The van der Waals surface area contributed by atoms with Crippen LogP contribution in [-0.4, -0.2) is 24.1 Å². The van der Waals surface area contributed by atoms with Gasteiger partial charge in [-0.1, -0.05) is 32.4 Å². The maximum atomic E-state index is 12.5. The summed E-state index contributed by atoms with van der Waals surface area (Å²) in [4.78, 5) is 21.8. The molecule has 1 rings (SSSR count). The molecular weight excluding hydrogens is 621 g/mol. The smallest absolute Gasteiger partial charge is 0.381 e. The van der Waals surface area contributed by atoms with Gasteiger partial charge >= 0.3 is 6.18 Å². The van der Waals surface area contributed by atoms with Gasteiger partial charge in [0, 0.05) is 19.8 Å². The van der Waals surface area contributed by atoms with E-state index in [4.69, 9.17) is 4.74 Å². The molecule has 0 fully saturated rings. The topological polar surface area (TPSA) is 48.3 Å². The Bertz CT molecular complexity index is 637. The van der Waals surface area contributed by atoms with Crippen molar-refractivity contribution in [3.05, 3.63) is 33.7 Å². The van der Waals surface area contributed by atoms with Gasteiger partial charge < -0.3 is 18.9 Å². The van der Waals surface area contributed by atoms with Crippen molar-refractivity contribution in [1.29, 1.82) is 0 Å². The molecule has 1 aromatic rings. The Morgan fingerprint density at radius 2 is 1.54 bits per heavy atom. The minimum atomic E-state index is -4.60. The molecule has 1 heterocycles. The van der Waals surface area contributed by atoms with Crippen molar-refractivity contribution < 1.29 is 22.7 Å². The summed E-state index contributed by atoms with van der Waals surface area (Å²) in [5.74, 6) is 5.36. The van der Waals surface area contributed by atoms with Crippen molar-refractivity contribution in [2.75, 3.05) is 13.2 Å². The van der Waals surface area contributed by atoms with Gasteiger partial charge in [0.05, 0.1) is 6.29 Å². The van der Waals surface area contributed by atoms with Crippen molar-refractivity contribution in [2.24, 2.45) is 0 Å². The van der Waals surface area contributed by atoms with E-state index in [1.807, 2.05) is 13.8 Å². The predicted octanol–water partition coefficient (Wildman–Crippen LogP) is 4.59. The number of ether oxygens (including phenoxy) is 1. The Morgan fingerprint density at radius 1 is 1.04 bits per heavy atom. The van der Waals surface area contributed by atoms with Gasteiger partial charge in [-0.2, -0.15) is 19.2 Å². The average Bonchev–Trinajstić information content (AvgIpc) is 2.63. The first-order chi connectivity index (χ1) is 12.7. The van der Waals surface area contributed by atoms with Gasteiger partial charge in [0.1, 0.15) is 11.3 Å². The number of hydrogen-bond acceptors (Lipinski definition) is 3. The van der Waals surface area contributed by atoms with Gasteiger partial charge in [0.25, 0.3) is 0 Å². The molecule has 0 unspecified atom stereocenters. The standard InChI is InChI=1S/C10H9F3NO2.C6H14O.C4H6.Lr/c1-2-5-14-8(10(11,12)13)4-3-7(6-15)9(14)16;1-3-5-7-6-4-2;1-3-4-2;/h3-4H,2,5H2,1H3;3-6H2,1-2H3;1-2H3;/q-1;;;. The molecule has 4 nitrogen and oxygen atoms in total. The first kappa shape index (κ1) is 29.7. The van der Waals surface area contributed by atoms with E-state index in [1.165, 1.54) is 6.29 Å². The maximum absolute atomic E-state index is 12.5. The first-order valence-corrected chi connectivity index (χ1v) is 8.85. The summed E-state index contributed by atoms with van der Waals surface area (Å²) in [5, 5.41) is 0. The van der Waals surface area contributed by atoms with Crippen LogP contribution in [-0.2, 0) is 22.3 Å². The number of aromatic nitrogens is 1. The molecule has 0 bridgehead atoms. The summed E-state index contributed by atoms with van der Waals surface area (Å²) in [5.41, 5.74) is -2.38. The second-order valence-corrected chi connectivity index (χ2v) is 5.30. The third-order valence-corrected chi connectivity index (χ3v) is 2.97. The fourth-order valence-electron chi connectivity index (χ4n) is 1.74. The summed E-state index contributed by atoms with van der Waals surface area (Å²) in [6.07, 6.45) is -0.635. The van der Waals surface area contributed by atoms with Gasteiger partial charge in [0.2, 0.25) is 0 Å². The van der Waals surface area contributed by atoms with E-state index in [-0.39, 0.29) is 12.1 Å². The molecule has 1 radical (unpaired) electrons. The molecule has 169 valence electrons. The van der Waals surface area contributed by atoms with Gasteiger partial charge in [-0.25, -0.2) is 0 Å². The Kier molecular flexibility index (Phi) is 18.4. The molecule has 0 aliphatic rings. The van der Waals surface area contributed by atoms with Crippen molar-refractivity contribution >= 4 is 6.29 Å². The number of alkyl halides is 3. The summed E-state index contributed by atoms with van der Waals surface area (Å²) in [6, 6.07) is 1.56. The summed E-state index contributed by atoms with van der Waals surface area (Å²) in [6.45, 7) is 11.3. The Morgan fingerprint density at radius 3 is 1.86 bits per heavy atom. The van der Waals surface area contributed by atoms with Crippen LogP contribution < -0.4 is 5.56 Å². The van der Waals surface area contributed by atoms with E-state index in [2.05, 4.69) is 25.7 Å². The third-order valence-electron chi connectivity index (χ3n) is 2.97. The number of rotatable bonds is 7. The number of halogens is 3. The van der Waals surface area contributed by atoms with Crippen LogP contribution in [0.1, 0.15) is 65.1 Å². The van der Waals surface area contributed by atoms with E-state index in [9.17, 15) is 22.8 Å². The molecule has 0 aromatic carbocycles. The third kappa shape index (κ3) is 12.3. The number of nitrogens with zero attached hydrogens (tertiary/aromatic N) is 1. The molecule has 0 spiro atoms. The zero-order chi connectivity index (χ0) is 21.3. The molecule has 0 atom stereocenters. The van der Waals surface area contributed by atoms with Gasteiger partial charge in [0.15, 0.2) is 0 Å². The molecule has 0 aliphatic heterocycles. The summed E-state index contributed by atoms with van der Waals surface area (Å²) >= 11 is 0. The molecule has 0 saturated heterocycles. The first-order valence-electron chi connectivity index (χ1n) is 8.85. The Balaban J connectivity index is -0.000000436. The minimum absolute atomic E-state index is 0. The van der Waals surface area contributed by atoms with E-state index < -0.39 is 17.4 Å². The molecule has 0 saturated carbocycles. The zero-order valence-electron chi connectivity index (χ0n) is 17.0. The van der Waals surface area contributed by atoms with Gasteiger partial charge in [-0.3, -0.25) is 0 Å². The Hall–Kier alpha value is -3.07. The monoisotopic (exact) mass is 650 g/mol. The second-order valence-electron chi connectivity index (χ2n) is 5.30. The van der Waals surface area contributed by atoms with E-state index in [0.717, 1.165) is 38.2 Å². The zero-order valence-corrected chi connectivity index (χ0v) is 19.1. The van der Waals surface area contributed by atoms with Crippen molar-refractivity contribution in [2.45, 2.75) is 66.6 Å². The molecule has 0 amide bonds. The fraction of sp³-hybridized carbons (Fsp3) is 0.600. The van der Waals surface area contributed by atoms with Crippen molar-refractivity contribution in [3.8, 4) is 11.8 Å². The average molecular weight is 650 g/mol. The Labute approximate surface area is 159 Å². The van der Waals surface area contributed by atoms with Crippen LogP contribution in [0, 0.1) is 11.8 Å². The van der Waals surface area contributed by atoms with Crippen LogP contribution >= 0.6 is 0 Å².